The molecule has 1 saturated heterocycles. The van der Waals surface area contributed by atoms with Crippen molar-refractivity contribution in [3.63, 3.8) is 0 Å². The van der Waals surface area contributed by atoms with E-state index in [4.69, 9.17) is 0 Å². The second-order valence-corrected chi connectivity index (χ2v) is 7.40. The lowest BCUT2D eigenvalue weighted by atomic mass is 10.2. The van der Waals surface area contributed by atoms with E-state index in [1.54, 1.807) is 11.6 Å². The molecule has 152 valence electrons. The van der Waals surface area contributed by atoms with Gasteiger partial charge in [-0.2, -0.15) is 0 Å². The zero-order valence-electron chi connectivity index (χ0n) is 17.0. The monoisotopic (exact) mass is 393 g/mol. The zero-order valence-corrected chi connectivity index (χ0v) is 17.0. The standard InChI is InChI=1S/C22H27N5O2/c1-3-25-12-14-26(15-13-25)18-9-5-4-8-17(18)23-21(28)16-27-20-11-7-6-10-19(20)24(2)22(27)29/h4-11H,3,12-16H2,1-2H3,(H,23,28). The van der Waals surface area contributed by atoms with E-state index in [-0.39, 0.29) is 18.1 Å². The van der Waals surface area contributed by atoms with Gasteiger partial charge >= 0.3 is 5.69 Å². The van der Waals surface area contributed by atoms with Crippen molar-refractivity contribution < 1.29 is 4.79 Å². The number of anilines is 2. The van der Waals surface area contributed by atoms with Gasteiger partial charge in [-0.3, -0.25) is 13.9 Å². The molecule has 0 radical (unpaired) electrons. The number of hydrogen-bond acceptors (Lipinski definition) is 4. The molecule has 29 heavy (non-hydrogen) atoms. The minimum atomic E-state index is -0.205. The first-order valence-corrected chi connectivity index (χ1v) is 10.1. The van der Waals surface area contributed by atoms with Gasteiger partial charge in [-0.05, 0) is 30.8 Å². The summed E-state index contributed by atoms with van der Waals surface area (Å²) in [6.45, 7) is 7.13. The summed E-state index contributed by atoms with van der Waals surface area (Å²) in [6, 6.07) is 15.4. The van der Waals surface area contributed by atoms with Crippen molar-refractivity contribution in [2.45, 2.75) is 13.5 Å². The largest absolute Gasteiger partial charge is 0.367 e. The number of carbonyl (C=O) groups excluding carboxylic acids is 1. The summed E-state index contributed by atoms with van der Waals surface area (Å²) in [5.74, 6) is -0.205. The van der Waals surface area contributed by atoms with Crippen LogP contribution in [0.15, 0.2) is 53.3 Å². The van der Waals surface area contributed by atoms with Crippen LogP contribution in [0.2, 0.25) is 0 Å². The molecule has 0 aliphatic carbocycles. The Morgan fingerprint density at radius 1 is 0.966 bits per heavy atom. The van der Waals surface area contributed by atoms with E-state index >= 15 is 0 Å². The predicted molar refractivity (Wildman–Crippen MR) is 117 cm³/mol. The molecule has 7 nitrogen and oxygen atoms in total. The molecule has 1 amide bonds. The molecule has 7 heteroatoms. The summed E-state index contributed by atoms with van der Waals surface area (Å²) in [7, 11) is 1.73. The highest BCUT2D eigenvalue weighted by atomic mass is 16.2. The lowest BCUT2D eigenvalue weighted by Gasteiger charge is -2.36. The number of benzene rings is 2. The number of imidazole rings is 1. The van der Waals surface area contributed by atoms with Crippen molar-refractivity contribution >= 4 is 28.3 Å². The van der Waals surface area contributed by atoms with Crippen molar-refractivity contribution in [1.29, 1.82) is 0 Å². The second-order valence-electron chi connectivity index (χ2n) is 7.40. The number of rotatable bonds is 5. The van der Waals surface area contributed by atoms with Gasteiger partial charge < -0.3 is 15.1 Å². The zero-order chi connectivity index (χ0) is 20.4. The van der Waals surface area contributed by atoms with Gasteiger partial charge in [0.05, 0.1) is 22.4 Å². The van der Waals surface area contributed by atoms with Gasteiger partial charge in [0.15, 0.2) is 0 Å². The summed E-state index contributed by atoms with van der Waals surface area (Å²) in [5.41, 5.74) is 3.21. The molecule has 0 saturated carbocycles. The number of likely N-dealkylation sites (N-methyl/N-ethyl adjacent to an activating group) is 1. The molecule has 1 fully saturated rings. The minimum Gasteiger partial charge on any atom is -0.367 e. The number of carbonyl (C=O) groups is 1. The van der Waals surface area contributed by atoms with Crippen LogP contribution in [-0.2, 0) is 18.4 Å². The molecule has 1 aliphatic rings. The second kappa shape index (κ2) is 8.13. The van der Waals surface area contributed by atoms with Gasteiger partial charge in [0.2, 0.25) is 5.91 Å². The van der Waals surface area contributed by atoms with Gasteiger partial charge in [0.25, 0.3) is 0 Å². The highest BCUT2D eigenvalue weighted by molar-refractivity contribution is 5.95. The fourth-order valence-electron chi connectivity index (χ4n) is 4.01. The van der Waals surface area contributed by atoms with E-state index < -0.39 is 0 Å². The highest BCUT2D eigenvalue weighted by Gasteiger charge is 2.19. The van der Waals surface area contributed by atoms with E-state index in [2.05, 4.69) is 22.0 Å². The maximum Gasteiger partial charge on any atom is 0.329 e. The minimum absolute atomic E-state index is 0.0157. The number of aryl methyl sites for hydroxylation is 1. The fraction of sp³-hybridized carbons (Fsp3) is 0.364. The number of para-hydroxylation sites is 4. The van der Waals surface area contributed by atoms with E-state index in [0.29, 0.717) is 0 Å². The third kappa shape index (κ3) is 3.78. The van der Waals surface area contributed by atoms with E-state index in [1.165, 1.54) is 4.57 Å². The Kier molecular flexibility index (Phi) is 5.40. The molecule has 0 spiro atoms. The number of fused-ring (bicyclic) bond motifs is 1. The number of aromatic nitrogens is 2. The number of hydrogen-bond donors (Lipinski definition) is 1. The Labute approximate surface area is 170 Å². The van der Waals surface area contributed by atoms with Crippen LogP contribution >= 0.6 is 0 Å². The predicted octanol–water partition coefficient (Wildman–Crippen LogP) is 2.12. The van der Waals surface area contributed by atoms with Crippen LogP contribution in [0.3, 0.4) is 0 Å². The lowest BCUT2D eigenvalue weighted by Crippen LogP contribution is -2.46. The molecule has 1 N–H and O–H groups in total. The number of amides is 1. The quantitative estimate of drug-likeness (QED) is 0.721. The van der Waals surface area contributed by atoms with Crippen molar-refractivity contribution in [2.24, 2.45) is 7.05 Å². The van der Waals surface area contributed by atoms with Crippen molar-refractivity contribution in [2.75, 3.05) is 42.9 Å². The molecule has 0 atom stereocenters. The summed E-state index contributed by atoms with van der Waals surface area (Å²) < 4.78 is 3.09. The van der Waals surface area contributed by atoms with Crippen LogP contribution in [0, 0.1) is 0 Å². The average molecular weight is 393 g/mol. The van der Waals surface area contributed by atoms with Crippen molar-refractivity contribution in [3.8, 4) is 0 Å². The van der Waals surface area contributed by atoms with Gasteiger partial charge in [-0.15, -0.1) is 0 Å². The highest BCUT2D eigenvalue weighted by Crippen LogP contribution is 2.26. The van der Waals surface area contributed by atoms with Crippen LogP contribution in [0.5, 0.6) is 0 Å². The van der Waals surface area contributed by atoms with Crippen LogP contribution < -0.4 is 15.9 Å². The Bertz CT molecular complexity index is 1080. The molecule has 2 aromatic carbocycles. The van der Waals surface area contributed by atoms with Gasteiger partial charge in [-0.25, -0.2) is 4.79 Å². The fourth-order valence-corrected chi connectivity index (χ4v) is 4.01. The molecular weight excluding hydrogens is 366 g/mol. The molecule has 3 aromatic rings. The Hall–Kier alpha value is -3.06. The van der Waals surface area contributed by atoms with Gasteiger partial charge in [0, 0.05) is 33.2 Å². The Morgan fingerprint density at radius 3 is 2.34 bits per heavy atom. The summed E-state index contributed by atoms with van der Waals surface area (Å²) in [5, 5.41) is 3.02. The topological polar surface area (TPSA) is 62.5 Å². The summed E-state index contributed by atoms with van der Waals surface area (Å²) in [6.07, 6.45) is 0. The van der Waals surface area contributed by atoms with Crippen LogP contribution in [0.25, 0.3) is 11.0 Å². The molecule has 2 heterocycles. The summed E-state index contributed by atoms with van der Waals surface area (Å²) in [4.78, 5) is 30.1. The summed E-state index contributed by atoms with van der Waals surface area (Å²) >= 11 is 0. The van der Waals surface area contributed by atoms with E-state index in [1.807, 2.05) is 48.5 Å². The SMILES string of the molecule is CCN1CCN(c2ccccc2NC(=O)Cn2c(=O)n(C)c3ccccc32)CC1. The van der Waals surface area contributed by atoms with Crippen molar-refractivity contribution in [3.05, 3.63) is 59.0 Å². The average Bonchev–Trinajstić information content (AvgIpc) is 2.99. The Balaban J connectivity index is 1.53. The molecule has 4 rings (SSSR count). The third-order valence-corrected chi connectivity index (χ3v) is 5.69. The van der Waals surface area contributed by atoms with Crippen LogP contribution in [0.4, 0.5) is 11.4 Å². The molecule has 1 aromatic heterocycles. The number of nitrogens with zero attached hydrogens (tertiary/aromatic N) is 4. The van der Waals surface area contributed by atoms with E-state index in [9.17, 15) is 9.59 Å². The smallest absolute Gasteiger partial charge is 0.329 e. The maximum absolute atomic E-state index is 12.8. The van der Waals surface area contributed by atoms with Crippen LogP contribution in [-0.4, -0.2) is 52.7 Å². The van der Waals surface area contributed by atoms with Crippen LogP contribution in [0.1, 0.15) is 6.92 Å². The number of nitrogens with one attached hydrogen (secondary N) is 1. The lowest BCUT2D eigenvalue weighted by molar-refractivity contribution is -0.116. The first kappa shape index (κ1) is 19.3. The molecule has 0 bridgehead atoms. The van der Waals surface area contributed by atoms with Gasteiger partial charge in [0.1, 0.15) is 6.54 Å². The molecule has 1 aliphatic heterocycles. The van der Waals surface area contributed by atoms with E-state index in [0.717, 1.165) is 55.1 Å². The van der Waals surface area contributed by atoms with Crippen molar-refractivity contribution in [1.82, 2.24) is 14.0 Å². The maximum atomic E-state index is 12.8. The first-order chi connectivity index (χ1) is 14.1. The Morgan fingerprint density at radius 2 is 1.62 bits per heavy atom. The normalized spacial score (nSPS) is 15.0. The third-order valence-electron chi connectivity index (χ3n) is 5.69. The molecular formula is C22H27N5O2. The molecule has 0 unspecified atom stereocenters. The van der Waals surface area contributed by atoms with Gasteiger partial charge in [-0.1, -0.05) is 31.2 Å². The number of piperazine rings is 1. The first-order valence-electron chi connectivity index (χ1n) is 10.1.